The summed E-state index contributed by atoms with van der Waals surface area (Å²) in [6.45, 7) is 0.284. The molecule has 1 rings (SSSR count). The van der Waals surface area contributed by atoms with Crippen LogP contribution in [-0.2, 0) is 4.79 Å². The molecular weight excluding hydrogens is 182 g/mol. The van der Waals surface area contributed by atoms with Gasteiger partial charge in [0, 0.05) is 6.54 Å². The number of carbonyl (C=O) groups excluding carboxylic acids is 2. The zero-order chi connectivity index (χ0) is 10.6. The van der Waals surface area contributed by atoms with E-state index in [4.69, 9.17) is 11.5 Å². The zero-order valence-electron chi connectivity index (χ0n) is 8.21. The number of hydrogen-bond donors (Lipinski definition) is 3. The van der Waals surface area contributed by atoms with E-state index in [0.717, 1.165) is 32.1 Å². The lowest BCUT2D eigenvalue weighted by Gasteiger charge is -2.33. The Morgan fingerprint density at radius 3 is 2.21 bits per heavy atom. The standard InChI is InChI=1S/C9H17N3O2/c10-6-9(4-2-1-3-5-9)7(13)12-8(11)14/h1-6,10H2,(H3,11,12,13,14). The molecule has 0 aromatic heterocycles. The molecule has 0 unspecified atom stereocenters. The Bertz CT molecular complexity index is 234. The van der Waals surface area contributed by atoms with Gasteiger partial charge in [-0.25, -0.2) is 4.79 Å². The Balaban J connectivity index is 2.67. The van der Waals surface area contributed by atoms with Gasteiger partial charge in [-0.2, -0.15) is 0 Å². The van der Waals surface area contributed by atoms with Crippen molar-refractivity contribution in [2.75, 3.05) is 6.54 Å². The molecule has 5 nitrogen and oxygen atoms in total. The Labute approximate surface area is 83.2 Å². The molecule has 5 N–H and O–H groups in total. The lowest BCUT2D eigenvalue weighted by Crippen LogP contribution is -2.50. The SMILES string of the molecule is NCC1(C(=O)NC(N)=O)CCCCC1. The second-order valence-corrected chi connectivity index (χ2v) is 3.86. The molecule has 0 aromatic carbocycles. The van der Waals surface area contributed by atoms with Crippen molar-refractivity contribution in [1.29, 1.82) is 0 Å². The molecular formula is C9H17N3O2. The summed E-state index contributed by atoms with van der Waals surface area (Å²) < 4.78 is 0. The van der Waals surface area contributed by atoms with Gasteiger partial charge in [0.1, 0.15) is 0 Å². The van der Waals surface area contributed by atoms with Crippen LogP contribution in [0.3, 0.4) is 0 Å². The third-order valence-electron chi connectivity index (χ3n) is 2.92. The number of urea groups is 1. The molecule has 1 saturated carbocycles. The molecule has 3 amide bonds. The fourth-order valence-electron chi connectivity index (χ4n) is 2.00. The van der Waals surface area contributed by atoms with Crippen LogP contribution in [-0.4, -0.2) is 18.5 Å². The molecule has 0 radical (unpaired) electrons. The highest BCUT2D eigenvalue weighted by molar-refractivity contribution is 5.96. The van der Waals surface area contributed by atoms with Gasteiger partial charge in [0.2, 0.25) is 5.91 Å². The summed E-state index contributed by atoms with van der Waals surface area (Å²) in [7, 11) is 0. The van der Waals surface area contributed by atoms with Crippen LogP contribution in [0.4, 0.5) is 4.79 Å². The maximum absolute atomic E-state index is 11.7. The van der Waals surface area contributed by atoms with Crippen molar-refractivity contribution in [3.05, 3.63) is 0 Å². The molecule has 0 spiro atoms. The van der Waals surface area contributed by atoms with Gasteiger partial charge in [0.25, 0.3) is 0 Å². The highest BCUT2D eigenvalue weighted by Crippen LogP contribution is 2.35. The van der Waals surface area contributed by atoms with Crippen molar-refractivity contribution in [2.24, 2.45) is 16.9 Å². The Kier molecular flexibility index (Phi) is 3.46. The molecule has 0 bridgehead atoms. The summed E-state index contributed by atoms with van der Waals surface area (Å²) in [5.74, 6) is -0.313. The lowest BCUT2D eigenvalue weighted by atomic mass is 9.73. The highest BCUT2D eigenvalue weighted by Gasteiger charge is 2.38. The number of imide groups is 1. The fraction of sp³-hybridized carbons (Fsp3) is 0.778. The number of nitrogens with one attached hydrogen (secondary N) is 1. The monoisotopic (exact) mass is 199 g/mol. The van der Waals surface area contributed by atoms with E-state index in [1.807, 2.05) is 0 Å². The number of amides is 3. The summed E-state index contributed by atoms with van der Waals surface area (Å²) in [4.78, 5) is 22.2. The van der Waals surface area contributed by atoms with Crippen LogP contribution in [0.15, 0.2) is 0 Å². The van der Waals surface area contributed by atoms with Gasteiger partial charge in [-0.1, -0.05) is 19.3 Å². The quantitative estimate of drug-likeness (QED) is 0.587. The Hall–Kier alpha value is -1.10. The largest absolute Gasteiger partial charge is 0.351 e. The number of carbonyl (C=O) groups is 2. The molecule has 0 saturated heterocycles. The fourth-order valence-corrected chi connectivity index (χ4v) is 2.00. The van der Waals surface area contributed by atoms with Crippen molar-refractivity contribution in [1.82, 2.24) is 5.32 Å². The van der Waals surface area contributed by atoms with Crippen LogP contribution in [0.25, 0.3) is 0 Å². The summed E-state index contributed by atoms with van der Waals surface area (Å²) in [5.41, 5.74) is 9.94. The van der Waals surface area contributed by atoms with Crippen LogP contribution >= 0.6 is 0 Å². The first-order chi connectivity index (χ1) is 6.60. The molecule has 80 valence electrons. The van der Waals surface area contributed by atoms with Gasteiger partial charge in [0.15, 0.2) is 0 Å². The first-order valence-corrected chi connectivity index (χ1v) is 4.92. The normalized spacial score (nSPS) is 20.1. The second-order valence-electron chi connectivity index (χ2n) is 3.86. The van der Waals surface area contributed by atoms with Crippen molar-refractivity contribution < 1.29 is 9.59 Å². The van der Waals surface area contributed by atoms with E-state index in [9.17, 15) is 9.59 Å². The van der Waals surface area contributed by atoms with E-state index in [1.165, 1.54) is 0 Å². The van der Waals surface area contributed by atoms with Gasteiger partial charge < -0.3 is 11.5 Å². The van der Waals surface area contributed by atoms with Crippen molar-refractivity contribution in [3.8, 4) is 0 Å². The molecule has 0 aliphatic heterocycles. The number of primary amides is 1. The second kappa shape index (κ2) is 4.41. The number of hydrogen-bond acceptors (Lipinski definition) is 3. The van der Waals surface area contributed by atoms with Crippen LogP contribution < -0.4 is 16.8 Å². The van der Waals surface area contributed by atoms with E-state index in [2.05, 4.69) is 5.32 Å². The topological polar surface area (TPSA) is 98.2 Å². The predicted octanol–water partition coefficient (Wildman–Crippen LogP) is 0.0905. The van der Waals surface area contributed by atoms with E-state index < -0.39 is 11.4 Å². The third-order valence-corrected chi connectivity index (χ3v) is 2.92. The molecule has 0 atom stereocenters. The van der Waals surface area contributed by atoms with Gasteiger partial charge in [0.05, 0.1) is 5.41 Å². The van der Waals surface area contributed by atoms with Crippen LogP contribution in [0.5, 0.6) is 0 Å². The maximum atomic E-state index is 11.7. The van der Waals surface area contributed by atoms with Crippen molar-refractivity contribution in [2.45, 2.75) is 32.1 Å². The number of nitrogens with two attached hydrogens (primary N) is 2. The average molecular weight is 199 g/mol. The van der Waals surface area contributed by atoms with Gasteiger partial charge >= 0.3 is 6.03 Å². The summed E-state index contributed by atoms with van der Waals surface area (Å²) >= 11 is 0. The van der Waals surface area contributed by atoms with E-state index in [-0.39, 0.29) is 12.5 Å². The predicted molar refractivity (Wildman–Crippen MR) is 52.3 cm³/mol. The molecule has 5 heteroatoms. The Morgan fingerprint density at radius 1 is 1.21 bits per heavy atom. The van der Waals surface area contributed by atoms with Crippen molar-refractivity contribution >= 4 is 11.9 Å². The minimum absolute atomic E-state index is 0.284. The molecule has 0 heterocycles. The molecule has 1 aliphatic rings. The lowest BCUT2D eigenvalue weighted by molar-refractivity contribution is -0.131. The Morgan fingerprint density at radius 2 is 1.79 bits per heavy atom. The molecule has 1 fully saturated rings. The number of rotatable bonds is 2. The summed E-state index contributed by atoms with van der Waals surface area (Å²) in [6.07, 6.45) is 4.61. The minimum atomic E-state index is -0.798. The van der Waals surface area contributed by atoms with Gasteiger partial charge in [-0.05, 0) is 12.8 Å². The van der Waals surface area contributed by atoms with Crippen molar-refractivity contribution in [3.63, 3.8) is 0 Å². The highest BCUT2D eigenvalue weighted by atomic mass is 16.2. The first kappa shape index (κ1) is 11.0. The van der Waals surface area contributed by atoms with Crippen LogP contribution in [0.2, 0.25) is 0 Å². The van der Waals surface area contributed by atoms with Gasteiger partial charge in [-0.15, -0.1) is 0 Å². The molecule has 14 heavy (non-hydrogen) atoms. The maximum Gasteiger partial charge on any atom is 0.318 e. The summed E-state index contributed by atoms with van der Waals surface area (Å²) in [6, 6.07) is -0.798. The average Bonchev–Trinajstić information content (AvgIpc) is 2.18. The third kappa shape index (κ3) is 2.23. The minimum Gasteiger partial charge on any atom is -0.351 e. The van der Waals surface area contributed by atoms with Crippen LogP contribution in [0, 0.1) is 5.41 Å². The smallest absolute Gasteiger partial charge is 0.318 e. The van der Waals surface area contributed by atoms with E-state index in [1.54, 1.807) is 0 Å². The van der Waals surface area contributed by atoms with E-state index in [0.29, 0.717) is 0 Å². The van der Waals surface area contributed by atoms with Gasteiger partial charge in [-0.3, -0.25) is 10.1 Å². The summed E-state index contributed by atoms with van der Waals surface area (Å²) in [5, 5.41) is 2.12. The molecule has 1 aliphatic carbocycles. The zero-order valence-corrected chi connectivity index (χ0v) is 8.21. The van der Waals surface area contributed by atoms with E-state index >= 15 is 0 Å². The molecule has 0 aromatic rings. The first-order valence-electron chi connectivity index (χ1n) is 4.92. The van der Waals surface area contributed by atoms with Crippen LogP contribution in [0.1, 0.15) is 32.1 Å².